The molecule has 0 spiro atoms. The molecule has 2 N–H and O–H groups in total. The Morgan fingerprint density at radius 2 is 1.82 bits per heavy atom. The van der Waals surface area contributed by atoms with Crippen molar-refractivity contribution in [1.82, 2.24) is 15.5 Å². The molecule has 0 saturated carbocycles. The fourth-order valence-electron chi connectivity index (χ4n) is 2.64. The lowest BCUT2D eigenvalue weighted by atomic mass is 10.00. The van der Waals surface area contributed by atoms with Gasteiger partial charge in [-0.3, -0.25) is 9.69 Å². The molecule has 1 unspecified atom stereocenters. The molecule has 1 aliphatic heterocycles. The molecule has 1 aliphatic rings. The van der Waals surface area contributed by atoms with Crippen LogP contribution in [0.5, 0.6) is 0 Å². The van der Waals surface area contributed by atoms with Gasteiger partial charge in [0.2, 0.25) is 5.91 Å². The molecule has 1 saturated heterocycles. The topological polar surface area (TPSA) is 70.7 Å². The molecular formula is C16H31N3O3. The number of piperidine rings is 1. The highest BCUT2D eigenvalue weighted by molar-refractivity contribution is 5.81. The van der Waals surface area contributed by atoms with Gasteiger partial charge >= 0.3 is 6.09 Å². The summed E-state index contributed by atoms with van der Waals surface area (Å²) in [6.07, 6.45) is 2.70. The van der Waals surface area contributed by atoms with Crippen molar-refractivity contribution >= 4 is 12.0 Å². The molecule has 0 aliphatic carbocycles. The monoisotopic (exact) mass is 313 g/mol. The van der Waals surface area contributed by atoms with Gasteiger partial charge in [0.15, 0.2) is 0 Å². The van der Waals surface area contributed by atoms with Crippen molar-refractivity contribution in [3.8, 4) is 0 Å². The highest BCUT2D eigenvalue weighted by Gasteiger charge is 2.29. The van der Waals surface area contributed by atoms with Gasteiger partial charge in [0, 0.05) is 19.1 Å². The fourth-order valence-corrected chi connectivity index (χ4v) is 2.64. The van der Waals surface area contributed by atoms with Crippen LogP contribution < -0.4 is 10.6 Å². The first-order valence-electron chi connectivity index (χ1n) is 8.21. The van der Waals surface area contributed by atoms with E-state index in [2.05, 4.69) is 29.4 Å². The van der Waals surface area contributed by atoms with Crippen LogP contribution in [0.3, 0.4) is 0 Å². The maximum atomic E-state index is 12.3. The molecule has 22 heavy (non-hydrogen) atoms. The highest BCUT2D eigenvalue weighted by atomic mass is 16.6. The van der Waals surface area contributed by atoms with E-state index in [1.54, 1.807) is 0 Å². The third-order valence-corrected chi connectivity index (χ3v) is 3.60. The number of nitrogens with one attached hydrogen (secondary N) is 2. The highest BCUT2D eigenvalue weighted by Crippen LogP contribution is 2.19. The van der Waals surface area contributed by atoms with Crippen LogP contribution in [0.25, 0.3) is 0 Å². The number of nitrogens with zero attached hydrogens (tertiary/aromatic N) is 1. The molecule has 0 radical (unpaired) electrons. The second kappa shape index (κ2) is 8.36. The van der Waals surface area contributed by atoms with Gasteiger partial charge in [0.05, 0.1) is 6.04 Å². The lowest BCUT2D eigenvalue weighted by Gasteiger charge is -2.37. The number of ether oxygens (including phenoxy) is 1. The van der Waals surface area contributed by atoms with Crippen LogP contribution in [0.4, 0.5) is 4.79 Å². The fraction of sp³-hybridized carbons (Fsp3) is 0.875. The SMILES string of the molecule is CC(C)N1CCCCC1C(=O)NCCNC(=O)OC(C)(C)C. The van der Waals surface area contributed by atoms with Gasteiger partial charge < -0.3 is 15.4 Å². The van der Waals surface area contributed by atoms with Crippen LogP contribution in [0.15, 0.2) is 0 Å². The quantitative estimate of drug-likeness (QED) is 0.761. The van der Waals surface area contributed by atoms with Crippen molar-refractivity contribution < 1.29 is 14.3 Å². The molecule has 0 aromatic rings. The van der Waals surface area contributed by atoms with Crippen molar-refractivity contribution in [3.05, 3.63) is 0 Å². The van der Waals surface area contributed by atoms with Crippen LogP contribution in [0.1, 0.15) is 53.9 Å². The zero-order chi connectivity index (χ0) is 16.8. The van der Waals surface area contributed by atoms with Crippen molar-refractivity contribution in [3.63, 3.8) is 0 Å². The minimum atomic E-state index is -0.507. The largest absolute Gasteiger partial charge is 0.444 e. The number of carbonyl (C=O) groups is 2. The summed E-state index contributed by atoms with van der Waals surface area (Å²) in [5.41, 5.74) is -0.507. The Balaban J connectivity index is 2.29. The van der Waals surface area contributed by atoms with Gasteiger partial charge in [-0.1, -0.05) is 6.42 Å². The number of likely N-dealkylation sites (tertiary alicyclic amines) is 1. The van der Waals surface area contributed by atoms with E-state index in [0.29, 0.717) is 19.1 Å². The number of alkyl carbamates (subject to hydrolysis) is 1. The van der Waals surface area contributed by atoms with Crippen LogP contribution in [-0.4, -0.2) is 54.2 Å². The zero-order valence-electron chi connectivity index (χ0n) is 14.6. The Hall–Kier alpha value is -1.30. The minimum Gasteiger partial charge on any atom is -0.444 e. The maximum absolute atomic E-state index is 12.3. The summed E-state index contributed by atoms with van der Waals surface area (Å²) < 4.78 is 5.14. The maximum Gasteiger partial charge on any atom is 0.407 e. The van der Waals surface area contributed by atoms with E-state index in [9.17, 15) is 9.59 Å². The van der Waals surface area contributed by atoms with Crippen LogP contribution in [0.2, 0.25) is 0 Å². The van der Waals surface area contributed by atoms with Gasteiger partial charge in [-0.2, -0.15) is 0 Å². The number of hydrogen-bond acceptors (Lipinski definition) is 4. The van der Waals surface area contributed by atoms with Crippen molar-refractivity contribution in [2.24, 2.45) is 0 Å². The van der Waals surface area contributed by atoms with E-state index in [0.717, 1.165) is 25.8 Å². The van der Waals surface area contributed by atoms with E-state index in [1.807, 2.05) is 20.8 Å². The summed E-state index contributed by atoms with van der Waals surface area (Å²) in [6, 6.07) is 0.325. The molecular weight excluding hydrogens is 282 g/mol. The van der Waals surface area contributed by atoms with Crippen LogP contribution in [-0.2, 0) is 9.53 Å². The molecule has 1 atom stereocenters. The van der Waals surface area contributed by atoms with Gasteiger partial charge in [-0.25, -0.2) is 4.79 Å². The third kappa shape index (κ3) is 6.64. The minimum absolute atomic E-state index is 0.0460. The molecule has 0 aromatic carbocycles. The summed E-state index contributed by atoms with van der Waals surface area (Å²) in [6.45, 7) is 11.5. The number of hydrogen-bond donors (Lipinski definition) is 2. The second-order valence-corrected chi connectivity index (χ2v) is 7.06. The standard InChI is InChI=1S/C16H31N3O3/c1-12(2)19-11-7-6-8-13(19)14(20)17-9-10-18-15(21)22-16(3,4)5/h12-13H,6-11H2,1-5H3,(H,17,20)(H,18,21). The third-order valence-electron chi connectivity index (χ3n) is 3.60. The Morgan fingerprint density at radius 1 is 1.18 bits per heavy atom. The Bertz CT molecular complexity index is 377. The van der Waals surface area contributed by atoms with Gasteiger partial charge in [-0.05, 0) is 54.0 Å². The molecule has 0 bridgehead atoms. The average molecular weight is 313 g/mol. The van der Waals surface area contributed by atoms with Crippen molar-refractivity contribution in [1.29, 1.82) is 0 Å². The predicted molar refractivity (Wildman–Crippen MR) is 86.7 cm³/mol. The van der Waals surface area contributed by atoms with Crippen molar-refractivity contribution in [2.45, 2.75) is 71.6 Å². The molecule has 1 fully saturated rings. The number of rotatable bonds is 5. The van der Waals surface area contributed by atoms with Gasteiger partial charge in [0.25, 0.3) is 0 Å². The summed E-state index contributed by atoms with van der Waals surface area (Å²) in [7, 11) is 0. The van der Waals surface area contributed by atoms with Gasteiger partial charge in [-0.15, -0.1) is 0 Å². The first kappa shape index (κ1) is 18.7. The van der Waals surface area contributed by atoms with Crippen LogP contribution >= 0.6 is 0 Å². The average Bonchev–Trinajstić information content (AvgIpc) is 2.41. The van der Waals surface area contributed by atoms with E-state index < -0.39 is 11.7 Å². The molecule has 6 heteroatoms. The first-order chi connectivity index (χ1) is 10.2. The molecule has 1 heterocycles. The molecule has 1 rings (SSSR count). The summed E-state index contributed by atoms with van der Waals surface area (Å²) >= 11 is 0. The summed E-state index contributed by atoms with van der Waals surface area (Å²) in [5.74, 6) is 0.0550. The first-order valence-corrected chi connectivity index (χ1v) is 8.21. The summed E-state index contributed by atoms with van der Waals surface area (Å²) in [5, 5.41) is 5.55. The smallest absolute Gasteiger partial charge is 0.407 e. The van der Waals surface area contributed by atoms with Crippen molar-refractivity contribution in [2.75, 3.05) is 19.6 Å². The van der Waals surface area contributed by atoms with E-state index in [4.69, 9.17) is 4.74 Å². The Labute approximate surface area is 134 Å². The van der Waals surface area contributed by atoms with Gasteiger partial charge in [0.1, 0.15) is 5.60 Å². The predicted octanol–water partition coefficient (Wildman–Crippen LogP) is 1.89. The van der Waals surface area contributed by atoms with E-state index in [1.165, 1.54) is 0 Å². The molecule has 6 nitrogen and oxygen atoms in total. The van der Waals surface area contributed by atoms with E-state index >= 15 is 0 Å². The second-order valence-electron chi connectivity index (χ2n) is 7.06. The lowest BCUT2D eigenvalue weighted by Crippen LogP contribution is -2.52. The van der Waals surface area contributed by atoms with Crippen LogP contribution in [0, 0.1) is 0 Å². The normalized spacial score (nSPS) is 19.8. The zero-order valence-corrected chi connectivity index (χ0v) is 14.6. The number of amides is 2. The Kier molecular flexibility index (Phi) is 7.13. The molecule has 0 aromatic heterocycles. The Morgan fingerprint density at radius 3 is 2.41 bits per heavy atom. The lowest BCUT2D eigenvalue weighted by molar-refractivity contribution is -0.128. The molecule has 128 valence electrons. The molecule has 2 amide bonds. The number of carbonyl (C=O) groups excluding carboxylic acids is 2. The van der Waals surface area contributed by atoms with E-state index in [-0.39, 0.29) is 11.9 Å². The summed E-state index contributed by atoms with van der Waals surface area (Å²) in [4.78, 5) is 26.0.